The van der Waals surface area contributed by atoms with Crippen molar-refractivity contribution in [2.24, 2.45) is 0 Å². The van der Waals surface area contributed by atoms with Crippen LogP contribution in [0.2, 0.25) is 5.02 Å². The van der Waals surface area contributed by atoms with Gasteiger partial charge in [0.05, 0.1) is 45.6 Å². The Kier molecular flexibility index (Phi) is 14.1. The van der Waals surface area contributed by atoms with Crippen molar-refractivity contribution in [1.29, 1.82) is 0 Å². The zero-order chi connectivity index (χ0) is 44.5. The number of nitrogens with zero attached hydrogens (tertiary/aromatic N) is 1. The van der Waals surface area contributed by atoms with Gasteiger partial charge in [-0.2, -0.15) is 74.6 Å². The fourth-order valence-corrected chi connectivity index (χ4v) is 4.93. The predicted molar refractivity (Wildman–Crippen MR) is 162 cm³/mol. The molecule has 2 aromatic carbocycles. The summed E-state index contributed by atoms with van der Waals surface area (Å²) in [5.74, 6) is -59.8. The van der Waals surface area contributed by atoms with Crippen LogP contribution in [0.5, 0.6) is 17.2 Å². The maximum atomic E-state index is 14.4. The first-order chi connectivity index (χ1) is 25.7. The zero-order valence-corrected chi connectivity index (χ0v) is 29.8. The lowest BCUT2D eigenvalue weighted by Crippen LogP contribution is -2.74. The number of alkyl halides is 17. The van der Waals surface area contributed by atoms with Crippen LogP contribution in [-0.2, 0) is 16.1 Å². The number of halogens is 18. The second-order valence-corrected chi connectivity index (χ2v) is 12.2. The first kappa shape index (κ1) is 48.8. The molecule has 1 amide bonds. The van der Waals surface area contributed by atoms with Gasteiger partial charge in [-0.05, 0) is 31.5 Å². The first-order valence-corrected chi connectivity index (χ1v) is 15.6. The normalized spacial score (nSPS) is 14.2. The number of esters is 1. The molecule has 2 aromatic rings. The van der Waals surface area contributed by atoms with E-state index in [0.29, 0.717) is 0 Å². The van der Waals surface area contributed by atoms with Gasteiger partial charge in [0.25, 0.3) is 5.91 Å². The van der Waals surface area contributed by atoms with Gasteiger partial charge < -0.3 is 29.6 Å². The Hall–Kier alpha value is -4.32. The summed E-state index contributed by atoms with van der Waals surface area (Å²) in [5.41, 5.74) is 5.63. The van der Waals surface area contributed by atoms with Gasteiger partial charge in [-0.15, -0.1) is 0 Å². The molecule has 0 spiro atoms. The average molecular weight is 883 g/mol. The van der Waals surface area contributed by atoms with Crippen LogP contribution in [0.3, 0.4) is 0 Å². The van der Waals surface area contributed by atoms with E-state index in [1.807, 2.05) is 0 Å². The molecule has 0 aliphatic carbocycles. The Bertz CT molecular complexity index is 1750. The molecule has 0 saturated carbocycles. The van der Waals surface area contributed by atoms with Gasteiger partial charge in [0.15, 0.2) is 0 Å². The highest BCUT2D eigenvalue weighted by Gasteiger charge is 2.95. The lowest BCUT2D eigenvalue weighted by Gasteiger charge is -2.42. The van der Waals surface area contributed by atoms with E-state index < -0.39 is 97.3 Å². The summed E-state index contributed by atoms with van der Waals surface area (Å²) in [6.45, 7) is -0.541. The molecule has 0 aromatic heterocycles. The first-order valence-electron chi connectivity index (χ1n) is 15.2. The summed E-state index contributed by atoms with van der Waals surface area (Å²) < 4.78 is 251. The third kappa shape index (κ3) is 8.61. The Morgan fingerprint density at radius 2 is 1.18 bits per heavy atom. The van der Waals surface area contributed by atoms with Crippen LogP contribution in [0.25, 0.3) is 0 Å². The van der Waals surface area contributed by atoms with E-state index in [2.05, 4.69) is 0 Å². The topological polar surface area (TPSA) is 100 Å². The highest BCUT2D eigenvalue weighted by atomic mass is 35.5. The number of benzene rings is 2. The monoisotopic (exact) mass is 882 g/mol. The van der Waals surface area contributed by atoms with E-state index in [0.717, 1.165) is 38.4 Å². The van der Waals surface area contributed by atoms with Crippen molar-refractivity contribution < 1.29 is 103 Å². The van der Waals surface area contributed by atoms with E-state index in [4.69, 9.17) is 36.3 Å². The van der Waals surface area contributed by atoms with Crippen molar-refractivity contribution in [2.45, 2.75) is 80.0 Å². The van der Waals surface area contributed by atoms with Crippen LogP contribution < -0.4 is 19.9 Å². The fraction of sp³-hybridized carbons (Fsp3) is 0.548. The van der Waals surface area contributed by atoms with Crippen molar-refractivity contribution in [3.63, 3.8) is 0 Å². The summed E-state index contributed by atoms with van der Waals surface area (Å²) in [5, 5.41) is 0.0708. The van der Waals surface area contributed by atoms with Crippen LogP contribution >= 0.6 is 11.6 Å². The summed E-state index contributed by atoms with van der Waals surface area (Å²) >= 11 is 5.98. The Morgan fingerprint density at radius 3 is 1.61 bits per heavy atom. The lowest BCUT2D eigenvalue weighted by atomic mass is 9.88. The van der Waals surface area contributed by atoms with Gasteiger partial charge in [-0.3, -0.25) is 4.79 Å². The van der Waals surface area contributed by atoms with Gasteiger partial charge in [0.2, 0.25) is 0 Å². The van der Waals surface area contributed by atoms with E-state index in [9.17, 15) is 84.2 Å². The number of anilines is 1. The average Bonchev–Trinajstić information content (AvgIpc) is 3.11. The zero-order valence-electron chi connectivity index (χ0n) is 29.1. The number of carbonyl (C=O) groups is 2. The summed E-state index contributed by atoms with van der Waals surface area (Å²) in [7, 11) is 3.08. The molecule has 0 heterocycles. The number of amides is 1. The van der Waals surface area contributed by atoms with Crippen LogP contribution in [0.15, 0.2) is 30.3 Å². The van der Waals surface area contributed by atoms with Crippen LogP contribution in [0.1, 0.15) is 35.7 Å². The van der Waals surface area contributed by atoms with Gasteiger partial charge in [-0.25, -0.2) is 4.79 Å². The number of ether oxygens (including phenoxy) is 4. The molecule has 324 valence electrons. The fourth-order valence-electron chi connectivity index (χ4n) is 4.76. The van der Waals surface area contributed by atoms with Crippen molar-refractivity contribution >= 4 is 29.2 Å². The molecule has 2 N–H and O–H groups in total. The van der Waals surface area contributed by atoms with Gasteiger partial charge in [0, 0.05) is 29.3 Å². The quantitative estimate of drug-likeness (QED) is 0.0690. The SMILES string of the molecule is COC(=O)[C@H](C)N(Cc1c(OC)cc(OCCCC(F)(F)C(F)(F)C(F)(F)C(F)(F)C(F)(F)C(F)(F)C(F)(F)C(F)(F)F)cc1OC)C(=O)c1cc(Cl)ccc1N. The smallest absolute Gasteiger partial charge is 0.460 e. The number of methoxy groups -OCH3 is 3. The Balaban J connectivity index is 2.39. The third-order valence-corrected chi connectivity index (χ3v) is 8.35. The molecular formula is C31H28ClF17N2O6. The van der Waals surface area contributed by atoms with Gasteiger partial charge in [-0.1, -0.05) is 11.6 Å². The number of nitrogen functional groups attached to an aromatic ring is 1. The van der Waals surface area contributed by atoms with E-state index in [1.165, 1.54) is 25.1 Å². The molecule has 0 unspecified atom stereocenters. The number of nitrogens with two attached hydrogens (primary N) is 1. The van der Waals surface area contributed by atoms with Crippen molar-refractivity contribution in [3.8, 4) is 17.2 Å². The largest absolute Gasteiger partial charge is 0.496 e. The maximum absolute atomic E-state index is 14.4. The Labute approximate surface area is 314 Å². The van der Waals surface area contributed by atoms with Crippen molar-refractivity contribution in [1.82, 2.24) is 4.90 Å². The summed E-state index contributed by atoms with van der Waals surface area (Å²) in [6, 6.07) is 4.36. The maximum Gasteiger partial charge on any atom is 0.460 e. The molecule has 0 radical (unpaired) electrons. The lowest BCUT2D eigenvalue weighted by molar-refractivity contribution is -0.461. The summed E-state index contributed by atoms with van der Waals surface area (Å²) in [6.07, 6.45) is -12.1. The molecule has 8 nitrogen and oxygen atoms in total. The molecule has 0 aliphatic rings. The Morgan fingerprint density at radius 1 is 0.719 bits per heavy atom. The second kappa shape index (κ2) is 16.5. The molecule has 0 aliphatic heterocycles. The number of rotatable bonds is 18. The van der Waals surface area contributed by atoms with Crippen molar-refractivity contribution in [2.75, 3.05) is 33.7 Å². The van der Waals surface area contributed by atoms with Crippen LogP contribution in [-0.4, -0.2) is 98.4 Å². The van der Waals surface area contributed by atoms with Gasteiger partial charge in [0.1, 0.15) is 23.3 Å². The van der Waals surface area contributed by atoms with E-state index >= 15 is 0 Å². The minimum atomic E-state index is -8.72. The van der Waals surface area contributed by atoms with E-state index in [-0.39, 0.29) is 33.3 Å². The highest BCUT2D eigenvalue weighted by Crippen LogP contribution is 2.64. The minimum absolute atomic E-state index is 0.0400. The van der Waals surface area contributed by atoms with Gasteiger partial charge >= 0.3 is 53.6 Å². The molecule has 1 atom stereocenters. The third-order valence-electron chi connectivity index (χ3n) is 8.12. The number of hydrogen-bond acceptors (Lipinski definition) is 7. The molecule has 0 fully saturated rings. The number of hydrogen-bond donors (Lipinski definition) is 1. The van der Waals surface area contributed by atoms with Crippen LogP contribution in [0.4, 0.5) is 80.3 Å². The van der Waals surface area contributed by atoms with E-state index in [1.54, 1.807) is 0 Å². The standard InChI is InChI=1S/C31H28ClF17N2O6/c1-14(23(53)56-4)51(22(52)17-10-15(32)6-7-19(17)50)13-18-20(54-2)11-16(12-21(18)55-3)57-9-5-8-24(33,34)25(35,36)26(37,38)27(39,40)28(41,42)29(43,44)30(45,46)31(47,48)49/h6-7,10-12,14H,5,8-9,13,50H2,1-4H3/t14-/m0/s1. The second-order valence-electron chi connectivity index (χ2n) is 11.8. The predicted octanol–water partition coefficient (Wildman–Crippen LogP) is 9.31. The summed E-state index contributed by atoms with van der Waals surface area (Å²) in [4.78, 5) is 27.0. The molecule has 26 heteroatoms. The van der Waals surface area contributed by atoms with Crippen LogP contribution in [0, 0.1) is 0 Å². The molecule has 2 rings (SSSR count). The molecular weight excluding hydrogens is 855 g/mol. The number of carbonyl (C=O) groups excluding carboxylic acids is 2. The highest BCUT2D eigenvalue weighted by molar-refractivity contribution is 6.31. The molecule has 0 saturated heterocycles. The minimum Gasteiger partial charge on any atom is -0.496 e. The molecule has 57 heavy (non-hydrogen) atoms. The van der Waals surface area contributed by atoms with Crippen molar-refractivity contribution in [3.05, 3.63) is 46.5 Å². The molecule has 0 bridgehead atoms.